The van der Waals surface area contributed by atoms with Crippen molar-refractivity contribution in [3.05, 3.63) is 70.3 Å². The fourth-order valence-corrected chi connectivity index (χ4v) is 4.72. The first-order valence-corrected chi connectivity index (χ1v) is 12.2. The van der Waals surface area contributed by atoms with Crippen LogP contribution in [0.2, 0.25) is 0 Å². The summed E-state index contributed by atoms with van der Waals surface area (Å²) in [7, 11) is 0. The normalized spacial score (nSPS) is 25.9. The first kappa shape index (κ1) is 24.6. The van der Waals surface area contributed by atoms with Crippen molar-refractivity contribution in [3.63, 3.8) is 0 Å². The van der Waals surface area contributed by atoms with E-state index in [0.717, 1.165) is 48.6 Å². The highest BCUT2D eigenvalue weighted by molar-refractivity contribution is 5.70. The zero-order valence-corrected chi connectivity index (χ0v) is 19.8. The molecule has 0 spiro atoms. The second-order valence-electron chi connectivity index (χ2n) is 10.0. The summed E-state index contributed by atoms with van der Waals surface area (Å²) in [6, 6.07) is 10.6. The Hall–Kier alpha value is -2.00. The van der Waals surface area contributed by atoms with Gasteiger partial charge in [-0.1, -0.05) is 63.1 Å². The van der Waals surface area contributed by atoms with Crippen molar-refractivity contribution in [2.45, 2.75) is 84.2 Å². The lowest BCUT2D eigenvalue weighted by atomic mass is 9.79. The van der Waals surface area contributed by atoms with E-state index < -0.39 is 0 Å². The van der Waals surface area contributed by atoms with E-state index in [9.17, 15) is 8.78 Å². The Morgan fingerprint density at radius 2 is 1.22 bits per heavy atom. The van der Waals surface area contributed by atoms with Gasteiger partial charge in [0.1, 0.15) is 11.6 Å². The average Bonchev–Trinajstić information content (AvgIpc) is 2.77. The molecule has 0 heterocycles. The molecule has 1 N–H and O–H groups in total. The molecule has 174 valence electrons. The number of hydrogen-bond donors (Lipinski definition) is 1. The maximum absolute atomic E-state index is 14.4. The number of aliphatic hydroxyl groups excluding tert-OH is 1. The van der Waals surface area contributed by atoms with Gasteiger partial charge in [-0.2, -0.15) is 0 Å². The molecule has 3 heteroatoms. The molecule has 1 nitrogen and oxygen atoms in total. The highest BCUT2D eigenvalue weighted by Gasteiger charge is 2.20. The lowest BCUT2D eigenvalue weighted by Crippen LogP contribution is -2.15. The number of halogens is 2. The minimum absolute atomic E-state index is 0.0196. The largest absolute Gasteiger partial charge is 0.393 e. The molecule has 0 aliphatic heterocycles. The maximum Gasteiger partial charge on any atom is 0.130 e. The lowest BCUT2D eigenvalue weighted by Gasteiger charge is -2.26. The summed E-state index contributed by atoms with van der Waals surface area (Å²) in [5, 5.41) is 9.03. The van der Waals surface area contributed by atoms with Crippen molar-refractivity contribution in [2.75, 3.05) is 0 Å². The molecular formula is C29H38F2O. The highest BCUT2D eigenvalue weighted by atomic mass is 19.1. The van der Waals surface area contributed by atoms with Crippen LogP contribution in [-0.4, -0.2) is 11.2 Å². The summed E-state index contributed by atoms with van der Waals surface area (Å²) < 4.78 is 28.3. The predicted molar refractivity (Wildman–Crippen MR) is 130 cm³/mol. The maximum atomic E-state index is 14.4. The van der Waals surface area contributed by atoms with Crippen LogP contribution in [-0.2, 0) is 0 Å². The van der Waals surface area contributed by atoms with Crippen LogP contribution in [0.4, 0.5) is 8.78 Å². The number of hydrogen-bond acceptors (Lipinski definition) is 1. The van der Waals surface area contributed by atoms with Crippen molar-refractivity contribution in [2.24, 2.45) is 11.8 Å². The van der Waals surface area contributed by atoms with Gasteiger partial charge in [0.25, 0.3) is 0 Å². The van der Waals surface area contributed by atoms with E-state index in [-0.39, 0.29) is 17.7 Å². The van der Waals surface area contributed by atoms with Crippen LogP contribution in [0.15, 0.2) is 36.4 Å². The first-order valence-electron chi connectivity index (χ1n) is 12.2. The van der Waals surface area contributed by atoms with Gasteiger partial charge in [0.05, 0.1) is 6.10 Å². The lowest BCUT2D eigenvalue weighted by molar-refractivity contribution is 0.112. The molecule has 4 rings (SSSR count). The summed E-state index contributed by atoms with van der Waals surface area (Å²) in [4.78, 5) is 0. The highest BCUT2D eigenvalue weighted by Crippen LogP contribution is 2.36. The van der Waals surface area contributed by atoms with Gasteiger partial charge >= 0.3 is 0 Å². The number of benzene rings is 2. The average molecular weight is 441 g/mol. The van der Waals surface area contributed by atoms with E-state index in [4.69, 9.17) is 5.11 Å². The van der Waals surface area contributed by atoms with Crippen molar-refractivity contribution < 1.29 is 13.9 Å². The minimum atomic E-state index is -0.278. The molecule has 2 fully saturated rings. The van der Waals surface area contributed by atoms with Gasteiger partial charge in [-0.3, -0.25) is 0 Å². The molecule has 2 aromatic rings. The number of aryl methyl sites for hydroxylation is 1. The smallest absolute Gasteiger partial charge is 0.130 e. The zero-order valence-electron chi connectivity index (χ0n) is 19.8. The monoisotopic (exact) mass is 440 g/mol. The van der Waals surface area contributed by atoms with Crippen molar-refractivity contribution >= 4 is 12.2 Å². The van der Waals surface area contributed by atoms with E-state index >= 15 is 0 Å². The Kier molecular flexibility index (Phi) is 9.04. The Labute approximate surface area is 192 Å². The molecule has 2 aliphatic rings. The van der Waals surface area contributed by atoms with Crippen molar-refractivity contribution in [1.82, 2.24) is 0 Å². The second kappa shape index (κ2) is 11.7. The van der Waals surface area contributed by atoms with E-state index in [1.807, 2.05) is 25.1 Å². The predicted octanol–water partition coefficient (Wildman–Crippen LogP) is 8.29. The molecule has 0 saturated heterocycles. The number of rotatable bonds is 3. The van der Waals surface area contributed by atoms with Gasteiger partial charge in [0.2, 0.25) is 0 Å². The van der Waals surface area contributed by atoms with Gasteiger partial charge in [0, 0.05) is 11.1 Å². The van der Waals surface area contributed by atoms with Crippen LogP contribution in [0.3, 0.4) is 0 Å². The molecular weight excluding hydrogens is 402 g/mol. The molecule has 2 saturated carbocycles. The Morgan fingerprint density at radius 1 is 0.719 bits per heavy atom. The summed E-state index contributed by atoms with van der Waals surface area (Å²) >= 11 is 0. The zero-order chi connectivity index (χ0) is 23.1. The van der Waals surface area contributed by atoms with Crippen LogP contribution < -0.4 is 0 Å². The molecule has 0 atom stereocenters. The van der Waals surface area contributed by atoms with Crippen molar-refractivity contribution in [1.29, 1.82) is 0 Å². The van der Waals surface area contributed by atoms with Gasteiger partial charge in [-0.05, 0) is 86.5 Å². The fourth-order valence-electron chi connectivity index (χ4n) is 4.72. The van der Waals surface area contributed by atoms with Crippen LogP contribution >= 0.6 is 0 Å². The van der Waals surface area contributed by atoms with Crippen LogP contribution in [0.5, 0.6) is 0 Å². The molecule has 2 aromatic carbocycles. The first-order chi connectivity index (χ1) is 15.3. The van der Waals surface area contributed by atoms with Gasteiger partial charge in [-0.15, -0.1) is 0 Å². The summed E-state index contributed by atoms with van der Waals surface area (Å²) in [5.41, 5.74) is 2.95. The molecule has 2 aliphatic carbocycles. The Balaban J connectivity index is 0.000000305. The quantitative estimate of drug-likeness (QED) is 0.476. The van der Waals surface area contributed by atoms with Crippen molar-refractivity contribution in [3.8, 4) is 0 Å². The third-order valence-corrected chi connectivity index (χ3v) is 7.10. The molecule has 0 bridgehead atoms. The van der Waals surface area contributed by atoms with Crippen LogP contribution in [0, 0.1) is 30.4 Å². The molecule has 32 heavy (non-hydrogen) atoms. The second-order valence-corrected chi connectivity index (χ2v) is 10.0. The SMILES string of the molecule is CC1CCC(O)CC1.Cc1ccc(/C=C/c2ccc(C3CCC(C)CC3)cc2F)c(F)c1. The fraction of sp³-hybridized carbons (Fsp3) is 0.517. The summed E-state index contributed by atoms with van der Waals surface area (Å²) in [5.74, 6) is 1.62. The van der Waals surface area contributed by atoms with Crippen LogP contribution in [0.25, 0.3) is 12.2 Å². The van der Waals surface area contributed by atoms with Gasteiger partial charge in [0.15, 0.2) is 0 Å². The van der Waals surface area contributed by atoms with Gasteiger partial charge in [-0.25, -0.2) is 8.78 Å². The molecule has 0 aromatic heterocycles. The standard InChI is InChI=1S/C22H24F2.C7H14O/c1-15-3-6-17(7-4-15)20-12-11-19(22(24)14-20)10-9-18-8-5-16(2)13-21(18)23;1-6-2-4-7(8)5-3-6/h5,8-15,17H,3-4,6-7H2,1-2H3;6-8H,2-5H2,1H3/b10-9+;. The topological polar surface area (TPSA) is 20.2 Å². The van der Waals surface area contributed by atoms with Crippen LogP contribution in [0.1, 0.15) is 93.4 Å². The van der Waals surface area contributed by atoms with E-state index in [2.05, 4.69) is 13.8 Å². The Bertz CT molecular complexity index is 878. The van der Waals surface area contributed by atoms with E-state index in [0.29, 0.717) is 17.0 Å². The summed E-state index contributed by atoms with van der Waals surface area (Å²) in [6.07, 6.45) is 12.5. The molecule has 0 radical (unpaired) electrons. The Morgan fingerprint density at radius 3 is 1.72 bits per heavy atom. The van der Waals surface area contributed by atoms with E-state index in [1.54, 1.807) is 24.3 Å². The third kappa shape index (κ3) is 7.27. The van der Waals surface area contributed by atoms with Gasteiger partial charge < -0.3 is 5.11 Å². The third-order valence-electron chi connectivity index (χ3n) is 7.10. The van der Waals surface area contributed by atoms with E-state index in [1.165, 1.54) is 31.7 Å². The molecule has 0 amide bonds. The number of aliphatic hydroxyl groups is 1. The summed E-state index contributed by atoms with van der Waals surface area (Å²) in [6.45, 7) is 6.39. The minimum Gasteiger partial charge on any atom is -0.393 e. The molecule has 0 unspecified atom stereocenters.